The Labute approximate surface area is 167 Å². The molecular formula is C19H26ClN3O3S. The molecule has 2 aromatic rings. The van der Waals surface area contributed by atoms with E-state index in [1.54, 1.807) is 42.5 Å². The zero-order valence-electron chi connectivity index (χ0n) is 15.7. The van der Waals surface area contributed by atoms with Crippen molar-refractivity contribution in [2.75, 3.05) is 24.4 Å². The number of hydrogen-bond donors (Lipinski definition) is 3. The van der Waals surface area contributed by atoms with E-state index in [1.807, 2.05) is 20.8 Å². The zero-order chi connectivity index (χ0) is 19.2. The summed E-state index contributed by atoms with van der Waals surface area (Å²) in [5, 5.41) is 5.92. The van der Waals surface area contributed by atoms with Crippen molar-refractivity contribution in [3.8, 4) is 0 Å². The number of amides is 1. The molecule has 148 valence electrons. The number of anilines is 1. The first kappa shape index (κ1) is 23.0. The number of carbonyl (C=O) groups excluding carboxylic acids is 1. The maximum Gasteiger partial charge on any atom is 0.261 e. The number of benzene rings is 2. The van der Waals surface area contributed by atoms with Crippen molar-refractivity contribution in [3.63, 3.8) is 0 Å². The SMILES string of the molecule is CCNCCNC(=O)c1ccc(NS(=O)(=O)c2ccc(C)c(C)c2)cc1.Cl. The number of hydrogen-bond acceptors (Lipinski definition) is 4. The minimum Gasteiger partial charge on any atom is -0.351 e. The second-order valence-electron chi connectivity index (χ2n) is 6.04. The van der Waals surface area contributed by atoms with E-state index in [4.69, 9.17) is 0 Å². The van der Waals surface area contributed by atoms with Crippen LogP contribution < -0.4 is 15.4 Å². The van der Waals surface area contributed by atoms with Gasteiger partial charge in [0.1, 0.15) is 0 Å². The Balaban J connectivity index is 0.00000364. The van der Waals surface area contributed by atoms with Crippen molar-refractivity contribution in [2.24, 2.45) is 0 Å². The topological polar surface area (TPSA) is 87.3 Å². The largest absolute Gasteiger partial charge is 0.351 e. The van der Waals surface area contributed by atoms with Gasteiger partial charge in [0.15, 0.2) is 0 Å². The maximum absolute atomic E-state index is 12.5. The van der Waals surface area contributed by atoms with Crippen LogP contribution >= 0.6 is 12.4 Å². The van der Waals surface area contributed by atoms with Gasteiger partial charge in [0.2, 0.25) is 0 Å². The van der Waals surface area contributed by atoms with Gasteiger partial charge in [-0.1, -0.05) is 13.0 Å². The lowest BCUT2D eigenvalue weighted by molar-refractivity contribution is 0.0954. The highest BCUT2D eigenvalue weighted by atomic mass is 35.5. The predicted octanol–water partition coefficient (Wildman–Crippen LogP) is 2.87. The van der Waals surface area contributed by atoms with Gasteiger partial charge in [-0.3, -0.25) is 9.52 Å². The Hall–Kier alpha value is -2.09. The fourth-order valence-corrected chi connectivity index (χ4v) is 3.47. The molecule has 0 aromatic heterocycles. The fraction of sp³-hybridized carbons (Fsp3) is 0.316. The lowest BCUT2D eigenvalue weighted by atomic mass is 10.1. The van der Waals surface area contributed by atoms with E-state index in [2.05, 4.69) is 15.4 Å². The minimum atomic E-state index is -3.67. The predicted molar refractivity (Wildman–Crippen MR) is 111 cm³/mol. The lowest BCUT2D eigenvalue weighted by Gasteiger charge is -2.10. The van der Waals surface area contributed by atoms with Crippen LogP contribution in [-0.2, 0) is 10.0 Å². The van der Waals surface area contributed by atoms with Gasteiger partial charge in [-0.15, -0.1) is 12.4 Å². The summed E-state index contributed by atoms with van der Waals surface area (Å²) in [4.78, 5) is 12.2. The Morgan fingerprint density at radius 3 is 2.22 bits per heavy atom. The van der Waals surface area contributed by atoms with Gasteiger partial charge in [0.25, 0.3) is 15.9 Å². The van der Waals surface area contributed by atoms with Crippen LogP contribution in [0, 0.1) is 13.8 Å². The standard InChI is InChI=1S/C19H25N3O3S.ClH/c1-4-20-11-12-21-19(23)16-6-8-17(9-7-16)22-26(24,25)18-10-5-14(2)15(3)13-18;/h5-10,13,20,22H,4,11-12H2,1-3H3,(H,21,23);1H. The van der Waals surface area contributed by atoms with Crippen LogP contribution in [0.5, 0.6) is 0 Å². The molecule has 0 radical (unpaired) electrons. The van der Waals surface area contributed by atoms with Gasteiger partial charge in [-0.25, -0.2) is 8.42 Å². The van der Waals surface area contributed by atoms with Crippen molar-refractivity contribution >= 4 is 34.0 Å². The molecule has 0 unspecified atom stereocenters. The summed E-state index contributed by atoms with van der Waals surface area (Å²) in [7, 11) is -3.67. The highest BCUT2D eigenvalue weighted by Gasteiger charge is 2.15. The van der Waals surface area contributed by atoms with E-state index >= 15 is 0 Å². The van der Waals surface area contributed by atoms with Crippen molar-refractivity contribution in [2.45, 2.75) is 25.7 Å². The number of likely N-dealkylation sites (N-methyl/N-ethyl adjacent to an activating group) is 1. The summed E-state index contributed by atoms with van der Waals surface area (Å²) in [6.07, 6.45) is 0. The van der Waals surface area contributed by atoms with Crippen molar-refractivity contribution in [1.29, 1.82) is 0 Å². The third-order valence-corrected chi connectivity index (χ3v) is 5.40. The van der Waals surface area contributed by atoms with E-state index in [0.29, 0.717) is 24.3 Å². The maximum atomic E-state index is 12.5. The molecule has 0 bridgehead atoms. The smallest absolute Gasteiger partial charge is 0.261 e. The minimum absolute atomic E-state index is 0. The molecule has 3 N–H and O–H groups in total. The quantitative estimate of drug-likeness (QED) is 0.583. The van der Waals surface area contributed by atoms with Crippen LogP contribution in [0.3, 0.4) is 0 Å². The molecule has 0 atom stereocenters. The highest BCUT2D eigenvalue weighted by Crippen LogP contribution is 2.19. The van der Waals surface area contributed by atoms with E-state index < -0.39 is 10.0 Å². The van der Waals surface area contributed by atoms with Crippen molar-refractivity contribution < 1.29 is 13.2 Å². The molecule has 2 aromatic carbocycles. The zero-order valence-corrected chi connectivity index (χ0v) is 17.3. The van der Waals surface area contributed by atoms with Gasteiger partial charge in [-0.2, -0.15) is 0 Å². The van der Waals surface area contributed by atoms with Gasteiger partial charge in [0.05, 0.1) is 4.90 Å². The van der Waals surface area contributed by atoms with Crippen LogP contribution in [0.2, 0.25) is 0 Å². The number of sulfonamides is 1. The monoisotopic (exact) mass is 411 g/mol. The number of nitrogens with one attached hydrogen (secondary N) is 3. The number of aryl methyl sites for hydroxylation is 2. The molecule has 0 aliphatic heterocycles. The normalized spacial score (nSPS) is 10.8. The summed E-state index contributed by atoms with van der Waals surface area (Å²) in [6, 6.07) is 11.4. The molecule has 0 saturated carbocycles. The third kappa shape index (κ3) is 6.53. The second kappa shape index (κ2) is 10.3. The van der Waals surface area contributed by atoms with E-state index in [-0.39, 0.29) is 23.2 Å². The number of halogens is 1. The molecule has 2 rings (SSSR count). The molecule has 1 amide bonds. The van der Waals surface area contributed by atoms with Crippen LogP contribution in [0.1, 0.15) is 28.4 Å². The molecule has 0 fully saturated rings. The Morgan fingerprint density at radius 2 is 1.63 bits per heavy atom. The lowest BCUT2D eigenvalue weighted by Crippen LogP contribution is -2.31. The molecule has 0 spiro atoms. The Morgan fingerprint density at radius 1 is 0.963 bits per heavy atom. The first-order valence-electron chi connectivity index (χ1n) is 8.52. The fourth-order valence-electron chi connectivity index (χ4n) is 2.33. The van der Waals surface area contributed by atoms with Gasteiger partial charge in [-0.05, 0) is 67.9 Å². The van der Waals surface area contributed by atoms with Gasteiger partial charge < -0.3 is 10.6 Å². The molecule has 0 heterocycles. The average Bonchev–Trinajstić information content (AvgIpc) is 2.61. The third-order valence-electron chi connectivity index (χ3n) is 4.03. The first-order valence-corrected chi connectivity index (χ1v) is 10.0. The second-order valence-corrected chi connectivity index (χ2v) is 7.72. The van der Waals surface area contributed by atoms with Crippen LogP contribution in [0.25, 0.3) is 0 Å². The van der Waals surface area contributed by atoms with E-state index in [1.165, 1.54) is 0 Å². The first-order chi connectivity index (χ1) is 12.3. The van der Waals surface area contributed by atoms with E-state index in [0.717, 1.165) is 17.7 Å². The van der Waals surface area contributed by atoms with Gasteiger partial charge in [0, 0.05) is 24.3 Å². The summed E-state index contributed by atoms with van der Waals surface area (Å²) >= 11 is 0. The van der Waals surface area contributed by atoms with E-state index in [9.17, 15) is 13.2 Å². The molecule has 8 heteroatoms. The Kier molecular flexibility index (Phi) is 8.75. The molecular weight excluding hydrogens is 386 g/mol. The molecule has 0 saturated heterocycles. The van der Waals surface area contributed by atoms with Crippen molar-refractivity contribution in [3.05, 3.63) is 59.2 Å². The number of rotatable bonds is 8. The van der Waals surface area contributed by atoms with Crippen LogP contribution in [0.15, 0.2) is 47.4 Å². The van der Waals surface area contributed by atoms with Crippen LogP contribution in [0.4, 0.5) is 5.69 Å². The van der Waals surface area contributed by atoms with Crippen molar-refractivity contribution in [1.82, 2.24) is 10.6 Å². The summed E-state index contributed by atoms with van der Waals surface area (Å²) in [5.41, 5.74) is 2.84. The number of carbonyl (C=O) groups is 1. The highest BCUT2D eigenvalue weighted by molar-refractivity contribution is 7.92. The molecule has 0 aliphatic rings. The molecule has 27 heavy (non-hydrogen) atoms. The molecule has 0 aliphatic carbocycles. The van der Waals surface area contributed by atoms with Crippen LogP contribution in [-0.4, -0.2) is 34.0 Å². The summed E-state index contributed by atoms with van der Waals surface area (Å²) in [6.45, 7) is 7.90. The van der Waals surface area contributed by atoms with Gasteiger partial charge >= 0.3 is 0 Å². The molecule has 6 nitrogen and oxygen atoms in total. The average molecular weight is 412 g/mol. The summed E-state index contributed by atoms with van der Waals surface area (Å²) in [5.74, 6) is -0.188. The summed E-state index contributed by atoms with van der Waals surface area (Å²) < 4.78 is 27.5. The Bertz CT molecular complexity index is 868.